The molecular weight excluding hydrogens is 356 g/mol. The fraction of sp³-hybridized carbons (Fsp3) is 0.385. The van der Waals surface area contributed by atoms with Crippen molar-refractivity contribution in [2.45, 2.75) is 39.0 Å². The molecule has 2 aromatic rings. The zero-order valence-electron chi connectivity index (χ0n) is 17.4. The average Bonchev–Trinajstić information content (AvgIpc) is 2.93. The first-order valence-electron chi connectivity index (χ1n) is 11.0. The normalized spacial score (nSPS) is 24.7. The number of nitrogens with one attached hydrogen (secondary N) is 2. The second-order valence-corrected chi connectivity index (χ2v) is 8.00. The quantitative estimate of drug-likeness (QED) is 0.673. The highest BCUT2D eigenvalue weighted by atomic mass is 16.5. The van der Waals surface area contributed by atoms with Crippen molar-refractivity contribution in [2.24, 2.45) is 5.92 Å². The third-order valence-electron chi connectivity index (χ3n) is 5.75. The Balaban J connectivity index is 1.40. The Kier molecular flexibility index (Phi) is 6.68. The highest BCUT2D eigenvalue weighted by Crippen LogP contribution is 2.28. The van der Waals surface area contributed by atoms with Crippen LogP contribution >= 0.6 is 0 Å². The van der Waals surface area contributed by atoms with Crippen LogP contribution < -0.4 is 5.32 Å². The van der Waals surface area contributed by atoms with Crippen molar-refractivity contribution in [3.8, 4) is 0 Å². The lowest BCUT2D eigenvalue weighted by Gasteiger charge is -2.10. The van der Waals surface area contributed by atoms with Crippen LogP contribution in [0.2, 0.25) is 0 Å². The number of fused-ring (bicyclic) bond motifs is 3. The van der Waals surface area contributed by atoms with Gasteiger partial charge in [0.1, 0.15) is 5.76 Å². The molecule has 3 nitrogen and oxygen atoms in total. The fourth-order valence-electron chi connectivity index (χ4n) is 4.22. The predicted molar refractivity (Wildman–Crippen MR) is 122 cm³/mol. The summed E-state index contributed by atoms with van der Waals surface area (Å²) in [6.07, 6.45) is 20.3. The molecule has 1 aromatic carbocycles. The molecule has 1 aromatic heterocycles. The minimum absolute atomic E-state index is 0.417. The molecule has 29 heavy (non-hydrogen) atoms. The minimum atomic E-state index is 0.417. The van der Waals surface area contributed by atoms with E-state index < -0.39 is 0 Å². The Labute approximate surface area is 174 Å². The Hall–Kier alpha value is -2.52. The fourth-order valence-corrected chi connectivity index (χ4v) is 4.22. The molecule has 1 aliphatic carbocycles. The molecule has 3 heteroatoms. The first-order valence-corrected chi connectivity index (χ1v) is 11.0. The number of ether oxygens (including phenoxy) is 1. The smallest absolute Gasteiger partial charge is 0.115 e. The number of hydrogen-bond acceptors (Lipinski definition) is 2. The van der Waals surface area contributed by atoms with E-state index in [1.165, 1.54) is 27.7 Å². The Bertz CT molecular complexity index is 945. The van der Waals surface area contributed by atoms with E-state index in [1.807, 2.05) is 0 Å². The standard InChI is InChI=1S/C26H32N2O/c1-20-8-4-2-3-5-11-22(14-13-20)29-19-7-10-21-9-6-12-25-26(21)23-15-17-27-18-16-24(23)28-25/h2-4,6,8-9,11-14,20,27-28H,5,7,10,15-19H2,1H3/b3-2-,8-4-,14-13-,22-11+. The molecule has 2 N–H and O–H groups in total. The van der Waals surface area contributed by atoms with Gasteiger partial charge in [-0.3, -0.25) is 0 Å². The molecule has 0 saturated heterocycles. The van der Waals surface area contributed by atoms with E-state index in [-0.39, 0.29) is 0 Å². The van der Waals surface area contributed by atoms with Crippen LogP contribution in [0.25, 0.3) is 10.9 Å². The van der Waals surface area contributed by atoms with Gasteiger partial charge in [0, 0.05) is 29.6 Å². The third-order valence-corrected chi connectivity index (χ3v) is 5.75. The summed E-state index contributed by atoms with van der Waals surface area (Å²) >= 11 is 0. The molecule has 0 saturated carbocycles. The Morgan fingerprint density at radius 1 is 1.10 bits per heavy atom. The number of aromatic nitrogens is 1. The highest BCUT2D eigenvalue weighted by Gasteiger charge is 2.16. The third kappa shape index (κ3) is 5.10. The lowest BCUT2D eigenvalue weighted by atomic mass is 9.99. The second-order valence-electron chi connectivity index (χ2n) is 8.00. The summed E-state index contributed by atoms with van der Waals surface area (Å²) in [5.41, 5.74) is 5.68. The van der Waals surface area contributed by atoms with Gasteiger partial charge >= 0.3 is 0 Å². The van der Waals surface area contributed by atoms with Gasteiger partial charge in [0.05, 0.1) is 6.61 Å². The lowest BCUT2D eigenvalue weighted by molar-refractivity contribution is 0.219. The molecule has 0 fully saturated rings. The van der Waals surface area contributed by atoms with E-state index >= 15 is 0 Å². The van der Waals surface area contributed by atoms with Crippen molar-refractivity contribution in [2.75, 3.05) is 19.7 Å². The molecule has 1 atom stereocenters. The van der Waals surface area contributed by atoms with E-state index in [0.717, 1.165) is 57.6 Å². The number of benzene rings is 1. The van der Waals surface area contributed by atoms with Crippen molar-refractivity contribution < 1.29 is 4.74 Å². The van der Waals surface area contributed by atoms with Crippen LogP contribution in [-0.2, 0) is 24.0 Å². The highest BCUT2D eigenvalue weighted by molar-refractivity contribution is 5.88. The largest absolute Gasteiger partial charge is 0.494 e. The van der Waals surface area contributed by atoms with Gasteiger partial charge in [-0.15, -0.1) is 0 Å². The van der Waals surface area contributed by atoms with Crippen LogP contribution in [0.3, 0.4) is 0 Å². The molecule has 0 radical (unpaired) electrons. The first-order chi connectivity index (χ1) is 14.3. The zero-order chi connectivity index (χ0) is 19.9. The molecule has 0 bridgehead atoms. The Morgan fingerprint density at radius 3 is 3.00 bits per heavy atom. The van der Waals surface area contributed by atoms with Gasteiger partial charge in [-0.2, -0.15) is 0 Å². The van der Waals surface area contributed by atoms with E-state index in [4.69, 9.17) is 4.74 Å². The monoisotopic (exact) mass is 388 g/mol. The molecular formula is C26H32N2O. The molecule has 4 rings (SSSR count). The minimum Gasteiger partial charge on any atom is -0.494 e. The van der Waals surface area contributed by atoms with Crippen LogP contribution in [0, 0.1) is 5.92 Å². The summed E-state index contributed by atoms with van der Waals surface area (Å²) in [6, 6.07) is 6.69. The molecule has 2 aliphatic rings. The van der Waals surface area contributed by atoms with Gasteiger partial charge in [0.25, 0.3) is 0 Å². The van der Waals surface area contributed by atoms with Crippen molar-refractivity contribution >= 4 is 10.9 Å². The Morgan fingerprint density at radius 2 is 2.03 bits per heavy atom. The maximum absolute atomic E-state index is 6.11. The molecule has 152 valence electrons. The number of H-pyrrole nitrogens is 1. The van der Waals surface area contributed by atoms with Gasteiger partial charge in [-0.25, -0.2) is 0 Å². The molecule has 0 spiro atoms. The van der Waals surface area contributed by atoms with Crippen LogP contribution in [-0.4, -0.2) is 24.7 Å². The summed E-state index contributed by atoms with van der Waals surface area (Å²) in [5.74, 6) is 1.40. The summed E-state index contributed by atoms with van der Waals surface area (Å²) in [7, 11) is 0. The summed E-state index contributed by atoms with van der Waals surface area (Å²) in [5, 5.41) is 4.97. The van der Waals surface area contributed by atoms with E-state index in [9.17, 15) is 0 Å². The second kappa shape index (κ2) is 9.80. The predicted octanol–water partition coefficient (Wildman–Crippen LogP) is 5.40. The van der Waals surface area contributed by atoms with Gasteiger partial charge in [-0.05, 0) is 67.5 Å². The number of aryl methyl sites for hydroxylation is 1. The molecule has 1 aliphatic heterocycles. The maximum Gasteiger partial charge on any atom is 0.115 e. The van der Waals surface area contributed by atoms with Crippen LogP contribution in [0.15, 0.2) is 66.5 Å². The topological polar surface area (TPSA) is 37.0 Å². The van der Waals surface area contributed by atoms with Crippen LogP contribution in [0.1, 0.15) is 36.6 Å². The summed E-state index contributed by atoms with van der Waals surface area (Å²) < 4.78 is 6.11. The summed E-state index contributed by atoms with van der Waals surface area (Å²) in [4.78, 5) is 3.67. The molecule has 0 amide bonds. The average molecular weight is 389 g/mol. The number of rotatable bonds is 5. The number of aromatic amines is 1. The molecule has 1 unspecified atom stereocenters. The lowest BCUT2D eigenvalue weighted by Crippen LogP contribution is -2.16. The van der Waals surface area contributed by atoms with Crippen molar-refractivity contribution in [1.82, 2.24) is 10.3 Å². The van der Waals surface area contributed by atoms with Gasteiger partial charge in [0.2, 0.25) is 0 Å². The van der Waals surface area contributed by atoms with Crippen molar-refractivity contribution in [3.05, 3.63) is 83.3 Å². The SMILES string of the molecule is CC1/C=C\C=C/C/C=C(OCCCc2cccc3[nH]c4c(c23)CCNCC4)\C=C/1. The van der Waals surface area contributed by atoms with Crippen molar-refractivity contribution in [1.29, 1.82) is 0 Å². The van der Waals surface area contributed by atoms with Gasteiger partial charge in [-0.1, -0.05) is 49.4 Å². The van der Waals surface area contributed by atoms with Gasteiger partial charge in [0.15, 0.2) is 0 Å². The maximum atomic E-state index is 6.11. The first kappa shape index (κ1) is 19.8. The molecule has 2 heterocycles. The van der Waals surface area contributed by atoms with Crippen LogP contribution in [0.4, 0.5) is 0 Å². The van der Waals surface area contributed by atoms with Gasteiger partial charge < -0.3 is 15.0 Å². The van der Waals surface area contributed by atoms with E-state index in [2.05, 4.69) is 78.0 Å². The van der Waals surface area contributed by atoms with E-state index in [1.54, 1.807) is 0 Å². The van der Waals surface area contributed by atoms with E-state index in [0.29, 0.717) is 5.92 Å². The zero-order valence-corrected chi connectivity index (χ0v) is 17.4. The number of allylic oxidation sites excluding steroid dienone is 7. The van der Waals surface area contributed by atoms with Crippen molar-refractivity contribution in [3.63, 3.8) is 0 Å². The van der Waals surface area contributed by atoms with Crippen LogP contribution in [0.5, 0.6) is 0 Å². The summed E-state index contributed by atoms with van der Waals surface area (Å²) in [6.45, 7) is 5.07. The number of hydrogen-bond donors (Lipinski definition) is 2.